The Morgan fingerprint density at radius 3 is 2.28 bits per heavy atom. The van der Waals surface area contributed by atoms with Gasteiger partial charge in [0, 0.05) is 24.7 Å². The summed E-state index contributed by atoms with van der Waals surface area (Å²) in [6, 6.07) is 4.92. The number of aromatic nitrogens is 1. The summed E-state index contributed by atoms with van der Waals surface area (Å²) in [7, 11) is 0. The van der Waals surface area contributed by atoms with Gasteiger partial charge >= 0.3 is 6.18 Å². The molecule has 1 aromatic carbocycles. The van der Waals surface area contributed by atoms with E-state index in [1.165, 1.54) is 10.6 Å². The first kappa shape index (κ1) is 19.0. The number of Topliss-reactive ketones (excluding diaryl/α,β-unsaturated/α-hetero) is 1. The summed E-state index contributed by atoms with van der Waals surface area (Å²) < 4.78 is 40.2. The summed E-state index contributed by atoms with van der Waals surface area (Å²) in [4.78, 5) is 25.8. The van der Waals surface area contributed by atoms with Crippen LogP contribution in [0.2, 0.25) is 0 Å². The van der Waals surface area contributed by atoms with Crippen LogP contribution < -0.4 is 0 Å². The van der Waals surface area contributed by atoms with Crippen molar-refractivity contribution in [2.24, 2.45) is 0 Å². The van der Waals surface area contributed by atoms with Crippen molar-refractivity contribution in [3.63, 3.8) is 0 Å². The van der Waals surface area contributed by atoms with Gasteiger partial charge in [0.1, 0.15) is 6.54 Å². The van der Waals surface area contributed by atoms with Crippen molar-refractivity contribution in [2.75, 3.05) is 13.1 Å². The van der Waals surface area contributed by atoms with Crippen LogP contribution in [0.25, 0.3) is 10.9 Å². The van der Waals surface area contributed by atoms with Crippen LogP contribution in [-0.2, 0) is 17.8 Å². The highest BCUT2D eigenvalue weighted by molar-refractivity contribution is 6.11. The Hall–Kier alpha value is -2.31. The lowest BCUT2D eigenvalue weighted by molar-refractivity contribution is -0.131. The predicted octanol–water partition coefficient (Wildman–Crippen LogP) is 3.82. The Balaban J connectivity index is 2.60. The van der Waals surface area contributed by atoms with Gasteiger partial charge in [-0.1, -0.05) is 25.1 Å². The van der Waals surface area contributed by atoms with E-state index in [9.17, 15) is 22.8 Å². The average molecular weight is 354 g/mol. The minimum absolute atomic E-state index is 0.0969. The number of nitrogens with zero attached hydrogens (tertiary/aromatic N) is 2. The van der Waals surface area contributed by atoms with Crippen molar-refractivity contribution in [3.05, 3.63) is 35.5 Å². The number of ketones is 1. The van der Waals surface area contributed by atoms with Crippen LogP contribution in [0.4, 0.5) is 13.2 Å². The van der Waals surface area contributed by atoms with Crippen LogP contribution in [0.3, 0.4) is 0 Å². The number of likely N-dealkylation sites (N-methyl/N-ethyl adjacent to an activating group) is 1. The zero-order valence-corrected chi connectivity index (χ0v) is 14.5. The third kappa shape index (κ3) is 3.70. The Bertz CT molecular complexity index is 789. The number of hydrogen-bond acceptors (Lipinski definition) is 2. The number of hydrogen-bond donors (Lipinski definition) is 0. The maximum absolute atomic E-state index is 12.9. The highest BCUT2D eigenvalue weighted by Gasteiger charge is 2.41. The SMILES string of the molecule is CCc1cccc2c(C(=O)C(F)(F)F)cn(CC(=O)N(CC)CC)c12. The summed E-state index contributed by atoms with van der Waals surface area (Å²) in [6.07, 6.45) is -3.22. The molecular formula is C18H21F3N2O2. The van der Waals surface area contributed by atoms with Crippen molar-refractivity contribution in [1.29, 1.82) is 0 Å². The third-order valence-electron chi connectivity index (χ3n) is 4.29. The second-order valence-electron chi connectivity index (χ2n) is 5.73. The van der Waals surface area contributed by atoms with Crippen molar-refractivity contribution < 1.29 is 22.8 Å². The fraction of sp³-hybridized carbons (Fsp3) is 0.444. The Labute approximate surface area is 144 Å². The summed E-state index contributed by atoms with van der Waals surface area (Å²) in [5.41, 5.74) is 0.898. The van der Waals surface area contributed by atoms with Crippen LogP contribution in [0.15, 0.2) is 24.4 Å². The van der Waals surface area contributed by atoms with Gasteiger partial charge in [-0.25, -0.2) is 0 Å². The number of alkyl halides is 3. The molecule has 0 unspecified atom stereocenters. The Morgan fingerprint density at radius 1 is 1.12 bits per heavy atom. The minimum atomic E-state index is -4.95. The molecule has 0 radical (unpaired) electrons. The second kappa shape index (κ2) is 7.29. The molecule has 136 valence electrons. The van der Waals surface area contributed by atoms with E-state index in [4.69, 9.17) is 0 Å². The molecule has 7 heteroatoms. The lowest BCUT2D eigenvalue weighted by Crippen LogP contribution is -2.33. The molecule has 25 heavy (non-hydrogen) atoms. The first-order valence-corrected chi connectivity index (χ1v) is 8.24. The molecule has 0 N–H and O–H groups in total. The van der Waals surface area contributed by atoms with Crippen LogP contribution >= 0.6 is 0 Å². The van der Waals surface area contributed by atoms with Crippen LogP contribution in [0, 0.1) is 0 Å². The first-order valence-electron chi connectivity index (χ1n) is 8.24. The van der Waals surface area contributed by atoms with Gasteiger partial charge in [-0.2, -0.15) is 13.2 Å². The number of carbonyl (C=O) groups excluding carboxylic acids is 2. The number of amides is 1. The van der Waals surface area contributed by atoms with Crippen LogP contribution in [0.1, 0.15) is 36.7 Å². The molecule has 2 rings (SSSR count). The van der Waals surface area contributed by atoms with E-state index in [1.807, 2.05) is 20.8 Å². The normalized spacial score (nSPS) is 11.8. The van der Waals surface area contributed by atoms with E-state index in [0.29, 0.717) is 25.0 Å². The molecule has 0 fully saturated rings. The molecule has 0 saturated heterocycles. The molecule has 0 aliphatic carbocycles. The van der Waals surface area contributed by atoms with Gasteiger partial charge in [0.05, 0.1) is 11.1 Å². The van der Waals surface area contributed by atoms with Crippen molar-refractivity contribution in [2.45, 2.75) is 39.9 Å². The zero-order chi connectivity index (χ0) is 18.8. The number of para-hydroxylation sites is 1. The molecule has 0 bridgehead atoms. The van der Waals surface area contributed by atoms with E-state index in [1.54, 1.807) is 17.0 Å². The quantitative estimate of drug-likeness (QED) is 0.740. The second-order valence-corrected chi connectivity index (χ2v) is 5.73. The number of carbonyl (C=O) groups is 2. The largest absolute Gasteiger partial charge is 0.454 e. The molecule has 4 nitrogen and oxygen atoms in total. The predicted molar refractivity (Wildman–Crippen MR) is 89.6 cm³/mol. The molecule has 1 amide bonds. The fourth-order valence-electron chi connectivity index (χ4n) is 3.00. The van der Waals surface area contributed by atoms with E-state index in [-0.39, 0.29) is 17.8 Å². The maximum atomic E-state index is 12.9. The average Bonchev–Trinajstić information content (AvgIpc) is 2.93. The molecule has 0 atom stereocenters. The molecule has 2 aromatic rings. The molecule has 1 heterocycles. The molecule has 0 aliphatic rings. The number of aryl methyl sites for hydroxylation is 1. The van der Waals surface area contributed by atoms with Crippen LogP contribution in [0.5, 0.6) is 0 Å². The standard InChI is InChI=1S/C18H21F3N2O2/c1-4-12-8-7-9-13-14(17(25)18(19,20)21)10-23(16(12)13)11-15(24)22(5-2)6-3/h7-10H,4-6,11H2,1-3H3. The molecule has 1 aromatic heterocycles. The highest BCUT2D eigenvalue weighted by atomic mass is 19.4. The van der Waals surface area contributed by atoms with Gasteiger partial charge in [-0.05, 0) is 25.8 Å². The summed E-state index contributed by atoms with van der Waals surface area (Å²) in [5.74, 6) is -2.08. The molecule has 0 spiro atoms. The van der Waals surface area contributed by atoms with Gasteiger partial charge in [0.2, 0.25) is 5.91 Å². The monoisotopic (exact) mass is 354 g/mol. The number of halogens is 3. The van der Waals surface area contributed by atoms with E-state index in [2.05, 4.69) is 0 Å². The van der Waals surface area contributed by atoms with Crippen molar-refractivity contribution in [3.8, 4) is 0 Å². The Morgan fingerprint density at radius 2 is 1.76 bits per heavy atom. The third-order valence-corrected chi connectivity index (χ3v) is 4.29. The number of rotatable bonds is 6. The van der Waals surface area contributed by atoms with Gasteiger partial charge in [0.15, 0.2) is 0 Å². The zero-order valence-electron chi connectivity index (χ0n) is 14.5. The lowest BCUT2D eigenvalue weighted by atomic mass is 10.0. The topological polar surface area (TPSA) is 42.3 Å². The fourth-order valence-corrected chi connectivity index (χ4v) is 3.00. The number of fused-ring (bicyclic) bond motifs is 1. The molecule has 0 saturated carbocycles. The summed E-state index contributed by atoms with van der Waals surface area (Å²) in [6.45, 7) is 6.49. The lowest BCUT2D eigenvalue weighted by Gasteiger charge is -2.19. The molecule has 0 aliphatic heterocycles. The van der Waals surface area contributed by atoms with Crippen LogP contribution in [-0.4, -0.2) is 40.4 Å². The Kier molecular flexibility index (Phi) is 5.55. The van der Waals surface area contributed by atoms with Crippen molar-refractivity contribution in [1.82, 2.24) is 9.47 Å². The van der Waals surface area contributed by atoms with Gasteiger partial charge in [-0.15, -0.1) is 0 Å². The van der Waals surface area contributed by atoms with Gasteiger partial charge < -0.3 is 9.47 Å². The van der Waals surface area contributed by atoms with E-state index >= 15 is 0 Å². The van der Waals surface area contributed by atoms with Gasteiger partial charge in [0.25, 0.3) is 5.78 Å². The first-order chi connectivity index (χ1) is 11.7. The summed E-state index contributed by atoms with van der Waals surface area (Å²) >= 11 is 0. The van der Waals surface area contributed by atoms with Crippen molar-refractivity contribution >= 4 is 22.6 Å². The summed E-state index contributed by atoms with van der Waals surface area (Å²) in [5, 5.41) is 0.231. The maximum Gasteiger partial charge on any atom is 0.454 e. The minimum Gasteiger partial charge on any atom is -0.342 e. The number of benzene rings is 1. The van der Waals surface area contributed by atoms with Gasteiger partial charge in [-0.3, -0.25) is 9.59 Å². The van der Waals surface area contributed by atoms with E-state index in [0.717, 1.165) is 11.8 Å². The highest BCUT2D eigenvalue weighted by Crippen LogP contribution is 2.30. The molecular weight excluding hydrogens is 333 g/mol. The van der Waals surface area contributed by atoms with E-state index < -0.39 is 17.5 Å². The smallest absolute Gasteiger partial charge is 0.342 e.